The van der Waals surface area contributed by atoms with Crippen LogP contribution in [0.2, 0.25) is 0 Å². The summed E-state index contributed by atoms with van der Waals surface area (Å²) in [4.78, 5) is 10.4. The SMILES string of the molecule is N#CCc1cc(F)c(C=O)c(C#N)c1. The Morgan fingerprint density at radius 1 is 1.43 bits per heavy atom. The molecule has 0 saturated heterocycles. The van der Waals surface area contributed by atoms with Crippen molar-refractivity contribution in [2.24, 2.45) is 0 Å². The average Bonchev–Trinajstić information content (AvgIpc) is 2.17. The highest BCUT2D eigenvalue weighted by atomic mass is 19.1. The van der Waals surface area contributed by atoms with Crippen molar-refractivity contribution in [3.8, 4) is 12.1 Å². The molecule has 0 heterocycles. The summed E-state index contributed by atoms with van der Waals surface area (Å²) in [6, 6.07) is 5.98. The molecule has 0 spiro atoms. The highest BCUT2D eigenvalue weighted by Crippen LogP contribution is 2.14. The molecule has 1 aromatic rings. The number of nitrogens with zero attached hydrogens (tertiary/aromatic N) is 2. The molecule has 0 aliphatic carbocycles. The summed E-state index contributed by atoms with van der Waals surface area (Å²) < 4.78 is 13.1. The number of halogens is 1. The van der Waals surface area contributed by atoms with Crippen molar-refractivity contribution in [1.82, 2.24) is 0 Å². The van der Waals surface area contributed by atoms with Gasteiger partial charge in [-0.05, 0) is 17.7 Å². The quantitative estimate of drug-likeness (QED) is 0.661. The van der Waals surface area contributed by atoms with Crippen molar-refractivity contribution in [3.63, 3.8) is 0 Å². The van der Waals surface area contributed by atoms with Gasteiger partial charge in [0.2, 0.25) is 0 Å². The van der Waals surface area contributed by atoms with Gasteiger partial charge in [-0.1, -0.05) is 0 Å². The maximum atomic E-state index is 13.1. The molecule has 3 nitrogen and oxygen atoms in total. The largest absolute Gasteiger partial charge is 0.298 e. The second kappa shape index (κ2) is 4.15. The molecule has 0 bridgehead atoms. The van der Waals surface area contributed by atoms with Crippen LogP contribution in [-0.4, -0.2) is 6.29 Å². The molecular weight excluding hydrogens is 183 g/mol. The van der Waals surface area contributed by atoms with Crippen LogP contribution in [0.1, 0.15) is 21.5 Å². The molecule has 14 heavy (non-hydrogen) atoms. The molecule has 1 aromatic carbocycles. The summed E-state index contributed by atoms with van der Waals surface area (Å²) >= 11 is 0. The van der Waals surface area contributed by atoms with Crippen LogP contribution < -0.4 is 0 Å². The third kappa shape index (κ3) is 1.75. The Balaban J connectivity index is 3.34. The lowest BCUT2D eigenvalue weighted by Gasteiger charge is -2.00. The second-order valence-electron chi connectivity index (χ2n) is 2.60. The fourth-order valence-corrected chi connectivity index (χ4v) is 1.08. The number of rotatable bonds is 2. The minimum atomic E-state index is -0.760. The van der Waals surface area contributed by atoms with E-state index in [1.54, 1.807) is 6.07 Å². The van der Waals surface area contributed by atoms with Gasteiger partial charge in [-0.15, -0.1) is 0 Å². The highest BCUT2D eigenvalue weighted by molar-refractivity contribution is 5.79. The summed E-state index contributed by atoms with van der Waals surface area (Å²) in [7, 11) is 0. The van der Waals surface area contributed by atoms with Gasteiger partial charge in [0.15, 0.2) is 6.29 Å². The lowest BCUT2D eigenvalue weighted by Crippen LogP contribution is -1.96. The Bertz CT molecular complexity index is 454. The zero-order valence-corrected chi connectivity index (χ0v) is 7.12. The van der Waals surface area contributed by atoms with Gasteiger partial charge in [-0.2, -0.15) is 10.5 Å². The summed E-state index contributed by atoms with van der Waals surface area (Å²) in [5.41, 5.74) is 0.103. The van der Waals surface area contributed by atoms with Crippen LogP contribution in [-0.2, 0) is 6.42 Å². The van der Waals surface area contributed by atoms with E-state index in [1.807, 2.05) is 6.07 Å². The Hall–Kier alpha value is -2.20. The van der Waals surface area contributed by atoms with Crippen molar-refractivity contribution < 1.29 is 9.18 Å². The topological polar surface area (TPSA) is 64.7 Å². The number of hydrogen-bond donors (Lipinski definition) is 0. The second-order valence-corrected chi connectivity index (χ2v) is 2.60. The van der Waals surface area contributed by atoms with Crippen molar-refractivity contribution in [3.05, 3.63) is 34.6 Å². The Kier molecular flexibility index (Phi) is 2.93. The van der Waals surface area contributed by atoms with Crippen molar-refractivity contribution in [2.75, 3.05) is 0 Å². The molecule has 1 rings (SSSR count). The molecule has 0 aromatic heterocycles. The van der Waals surface area contributed by atoms with E-state index in [4.69, 9.17) is 10.5 Å². The molecule has 68 valence electrons. The maximum Gasteiger partial charge on any atom is 0.154 e. The first-order chi connectivity index (χ1) is 6.72. The van der Waals surface area contributed by atoms with E-state index in [2.05, 4.69) is 0 Å². The highest BCUT2D eigenvalue weighted by Gasteiger charge is 2.09. The van der Waals surface area contributed by atoms with Crippen molar-refractivity contribution >= 4 is 6.29 Å². The van der Waals surface area contributed by atoms with Crippen molar-refractivity contribution in [1.29, 1.82) is 10.5 Å². The van der Waals surface area contributed by atoms with Crippen LogP contribution in [0.15, 0.2) is 12.1 Å². The Morgan fingerprint density at radius 2 is 2.14 bits per heavy atom. The fourth-order valence-electron chi connectivity index (χ4n) is 1.08. The van der Waals surface area contributed by atoms with Gasteiger partial charge in [0.1, 0.15) is 5.82 Å². The van der Waals surface area contributed by atoms with E-state index in [-0.39, 0.29) is 17.5 Å². The lowest BCUT2D eigenvalue weighted by atomic mass is 10.0. The number of hydrogen-bond acceptors (Lipinski definition) is 3. The van der Waals surface area contributed by atoms with E-state index in [0.29, 0.717) is 11.8 Å². The first-order valence-corrected chi connectivity index (χ1v) is 3.77. The fraction of sp³-hybridized carbons (Fsp3) is 0.100. The maximum absolute atomic E-state index is 13.1. The third-order valence-corrected chi connectivity index (χ3v) is 1.71. The van der Waals surface area contributed by atoms with Crippen LogP contribution in [0, 0.1) is 28.5 Å². The average molecular weight is 188 g/mol. The van der Waals surface area contributed by atoms with Crippen LogP contribution in [0.5, 0.6) is 0 Å². The van der Waals surface area contributed by atoms with Gasteiger partial charge in [-0.25, -0.2) is 4.39 Å². The van der Waals surface area contributed by atoms with Crippen LogP contribution in [0.25, 0.3) is 0 Å². The molecule has 0 fully saturated rings. The molecule has 0 atom stereocenters. The van der Waals surface area contributed by atoms with Gasteiger partial charge in [0.25, 0.3) is 0 Å². The van der Waals surface area contributed by atoms with Gasteiger partial charge in [0.05, 0.1) is 29.7 Å². The smallest absolute Gasteiger partial charge is 0.154 e. The van der Waals surface area contributed by atoms with E-state index < -0.39 is 5.82 Å². The molecule has 0 saturated carbocycles. The van der Waals surface area contributed by atoms with E-state index in [1.165, 1.54) is 6.07 Å². The number of benzene rings is 1. The first-order valence-electron chi connectivity index (χ1n) is 3.77. The van der Waals surface area contributed by atoms with E-state index in [0.717, 1.165) is 6.07 Å². The van der Waals surface area contributed by atoms with E-state index in [9.17, 15) is 9.18 Å². The van der Waals surface area contributed by atoms with Crippen molar-refractivity contribution in [2.45, 2.75) is 6.42 Å². The third-order valence-electron chi connectivity index (χ3n) is 1.71. The summed E-state index contributed by atoms with van der Waals surface area (Å²) in [6.07, 6.45) is 0.314. The van der Waals surface area contributed by atoms with E-state index >= 15 is 0 Å². The monoisotopic (exact) mass is 188 g/mol. The van der Waals surface area contributed by atoms with Crippen LogP contribution >= 0.6 is 0 Å². The number of aldehydes is 1. The normalized spacial score (nSPS) is 8.79. The summed E-state index contributed by atoms with van der Waals surface area (Å²) in [5.74, 6) is -0.760. The minimum absolute atomic E-state index is 0.0186. The molecule has 0 radical (unpaired) electrons. The molecule has 0 aliphatic rings. The van der Waals surface area contributed by atoms with Gasteiger partial charge >= 0.3 is 0 Å². The Labute approximate surface area is 80.0 Å². The minimum Gasteiger partial charge on any atom is -0.298 e. The predicted octanol–water partition coefficient (Wildman–Crippen LogP) is 1.58. The molecule has 0 amide bonds. The zero-order chi connectivity index (χ0) is 10.6. The summed E-state index contributed by atoms with van der Waals surface area (Å²) in [6.45, 7) is 0. The molecule has 4 heteroatoms. The lowest BCUT2D eigenvalue weighted by molar-refractivity contribution is 0.111. The zero-order valence-electron chi connectivity index (χ0n) is 7.12. The molecule has 0 N–H and O–H groups in total. The number of nitriles is 2. The van der Waals surface area contributed by atoms with Gasteiger partial charge in [0, 0.05) is 0 Å². The van der Waals surface area contributed by atoms with Crippen LogP contribution in [0.4, 0.5) is 4.39 Å². The molecule has 0 aliphatic heterocycles. The Morgan fingerprint density at radius 3 is 2.64 bits per heavy atom. The first kappa shape index (κ1) is 9.88. The number of carbonyl (C=O) groups excluding carboxylic acids is 1. The summed E-state index contributed by atoms with van der Waals surface area (Å²) in [5, 5.41) is 17.0. The molecular formula is C10H5FN2O. The number of carbonyl (C=O) groups is 1. The van der Waals surface area contributed by atoms with Crippen LogP contribution in [0.3, 0.4) is 0 Å². The van der Waals surface area contributed by atoms with Gasteiger partial charge < -0.3 is 0 Å². The molecule has 0 unspecified atom stereocenters. The predicted molar refractivity (Wildman–Crippen MR) is 45.8 cm³/mol. The standard InChI is InChI=1S/C10H5FN2O/c11-10-4-7(1-2-12)3-8(5-13)9(10)6-14/h3-4,6H,1H2. The van der Waals surface area contributed by atoms with Gasteiger partial charge in [-0.3, -0.25) is 4.79 Å².